The number of benzene rings is 3. The van der Waals surface area contributed by atoms with Crippen LogP contribution in [0.3, 0.4) is 0 Å². The van der Waals surface area contributed by atoms with Crippen LogP contribution in [0.5, 0.6) is 0 Å². The Hall–Kier alpha value is -3.23. The van der Waals surface area contributed by atoms with E-state index in [4.69, 9.17) is 0 Å². The molecule has 0 unspecified atom stereocenters. The number of anilines is 1. The van der Waals surface area contributed by atoms with Gasteiger partial charge in [-0.1, -0.05) is 85.1 Å². The Morgan fingerprint density at radius 1 is 0.900 bits per heavy atom. The van der Waals surface area contributed by atoms with Gasteiger partial charge in [-0.2, -0.15) is 0 Å². The molecule has 148 valence electrons. The van der Waals surface area contributed by atoms with Crippen LogP contribution in [0.15, 0.2) is 120 Å². The predicted molar refractivity (Wildman–Crippen MR) is 133 cm³/mol. The van der Waals surface area contributed by atoms with E-state index in [-0.39, 0.29) is 0 Å². The summed E-state index contributed by atoms with van der Waals surface area (Å²) in [4.78, 5) is 4.42. The average molecular weight is 408 g/mol. The minimum Gasteiger partial charge on any atom is -0.351 e. The molecule has 0 N–H and O–H groups in total. The molecule has 1 aliphatic heterocycles. The van der Waals surface area contributed by atoms with Crippen molar-refractivity contribution < 1.29 is 0 Å². The number of fused-ring (bicyclic) bond motifs is 1. The Balaban J connectivity index is 1.74. The third-order valence-corrected chi connectivity index (χ3v) is 6.20. The summed E-state index contributed by atoms with van der Waals surface area (Å²) in [5.41, 5.74) is 7.26. The van der Waals surface area contributed by atoms with Crippen LogP contribution >= 0.6 is 11.8 Å². The second kappa shape index (κ2) is 9.06. The van der Waals surface area contributed by atoms with E-state index in [9.17, 15) is 0 Å². The normalized spacial score (nSPS) is 14.7. The Kier molecular flexibility index (Phi) is 6.06. The van der Waals surface area contributed by atoms with Crippen LogP contribution in [0.1, 0.15) is 16.7 Å². The standard InChI is InChI=1S/C28H25NS/c1-21-11-7-10-16-28(21)30-22(2)19-25(23-12-5-4-6-13-23)20-24-17-18-29(3)27-15-9-8-14-26(24)27/h4-20H,2H2,1,3H3/b24-20+,25-19-. The maximum absolute atomic E-state index is 4.34. The molecule has 30 heavy (non-hydrogen) atoms. The number of hydrogen-bond donors (Lipinski definition) is 0. The van der Waals surface area contributed by atoms with Crippen molar-refractivity contribution in [3.8, 4) is 0 Å². The summed E-state index contributed by atoms with van der Waals surface area (Å²) in [6.45, 7) is 6.48. The second-order valence-corrected chi connectivity index (χ2v) is 8.51. The van der Waals surface area contributed by atoms with Crippen molar-refractivity contribution in [1.82, 2.24) is 0 Å². The molecule has 0 atom stereocenters. The highest BCUT2D eigenvalue weighted by molar-refractivity contribution is 8.03. The molecule has 0 saturated heterocycles. The molecule has 2 heteroatoms. The molecule has 0 fully saturated rings. The first-order valence-electron chi connectivity index (χ1n) is 10.0. The molecule has 0 bridgehead atoms. The van der Waals surface area contributed by atoms with Gasteiger partial charge in [0, 0.05) is 34.3 Å². The van der Waals surface area contributed by atoms with Crippen LogP contribution < -0.4 is 4.90 Å². The van der Waals surface area contributed by atoms with E-state index in [2.05, 4.69) is 129 Å². The van der Waals surface area contributed by atoms with Gasteiger partial charge in [-0.3, -0.25) is 0 Å². The van der Waals surface area contributed by atoms with Gasteiger partial charge in [-0.15, -0.1) is 0 Å². The van der Waals surface area contributed by atoms with E-state index in [1.54, 1.807) is 11.8 Å². The molecule has 0 aliphatic carbocycles. The highest BCUT2D eigenvalue weighted by Crippen LogP contribution is 2.35. The lowest BCUT2D eigenvalue weighted by atomic mass is 9.95. The molecule has 1 aliphatic rings. The summed E-state index contributed by atoms with van der Waals surface area (Å²) < 4.78 is 0. The first kappa shape index (κ1) is 20.1. The van der Waals surface area contributed by atoms with Crippen LogP contribution in [-0.2, 0) is 0 Å². The van der Waals surface area contributed by atoms with Crippen LogP contribution in [0.25, 0.3) is 11.1 Å². The molecule has 4 rings (SSSR count). The Morgan fingerprint density at radius 2 is 1.60 bits per heavy atom. The minimum absolute atomic E-state index is 1.02. The van der Waals surface area contributed by atoms with Gasteiger partial charge < -0.3 is 4.90 Å². The fourth-order valence-electron chi connectivity index (χ4n) is 3.53. The van der Waals surface area contributed by atoms with Gasteiger partial charge in [0.1, 0.15) is 0 Å². The lowest BCUT2D eigenvalue weighted by Gasteiger charge is -2.24. The zero-order valence-corrected chi connectivity index (χ0v) is 18.2. The number of aryl methyl sites for hydroxylation is 1. The number of para-hydroxylation sites is 1. The van der Waals surface area contributed by atoms with Crippen LogP contribution in [0.4, 0.5) is 5.69 Å². The molecule has 0 amide bonds. The van der Waals surface area contributed by atoms with Crippen molar-refractivity contribution in [2.45, 2.75) is 11.8 Å². The van der Waals surface area contributed by atoms with E-state index in [1.807, 2.05) is 0 Å². The highest BCUT2D eigenvalue weighted by Gasteiger charge is 2.13. The summed E-state index contributed by atoms with van der Waals surface area (Å²) in [7, 11) is 2.08. The monoisotopic (exact) mass is 407 g/mol. The molecule has 0 spiro atoms. The molecule has 3 aromatic rings. The lowest BCUT2D eigenvalue weighted by molar-refractivity contribution is 1.18. The molecule has 1 heterocycles. The predicted octanol–water partition coefficient (Wildman–Crippen LogP) is 7.73. The summed E-state index contributed by atoms with van der Waals surface area (Å²) in [6.07, 6.45) is 8.75. The summed E-state index contributed by atoms with van der Waals surface area (Å²) >= 11 is 1.71. The van der Waals surface area contributed by atoms with Crippen LogP contribution in [0, 0.1) is 6.92 Å². The van der Waals surface area contributed by atoms with E-state index in [0.29, 0.717) is 0 Å². The van der Waals surface area contributed by atoms with Crippen molar-refractivity contribution >= 4 is 28.6 Å². The number of hydrogen-bond acceptors (Lipinski definition) is 2. The topological polar surface area (TPSA) is 3.24 Å². The molecule has 1 nitrogen and oxygen atoms in total. The fourth-order valence-corrected chi connectivity index (χ4v) is 4.38. The smallest absolute Gasteiger partial charge is 0.0483 e. The molecule has 0 radical (unpaired) electrons. The molecular formula is C28H25NS. The zero-order valence-electron chi connectivity index (χ0n) is 17.4. The lowest BCUT2D eigenvalue weighted by Crippen LogP contribution is -2.13. The van der Waals surface area contributed by atoms with Gasteiger partial charge in [0.2, 0.25) is 0 Å². The Bertz CT molecular complexity index is 1150. The average Bonchev–Trinajstić information content (AvgIpc) is 2.77. The Morgan fingerprint density at radius 3 is 2.40 bits per heavy atom. The summed E-state index contributed by atoms with van der Waals surface area (Å²) in [5.74, 6) is 0. The molecule has 0 saturated carbocycles. The molecular weight excluding hydrogens is 382 g/mol. The van der Waals surface area contributed by atoms with Gasteiger partial charge in [0.05, 0.1) is 0 Å². The first-order chi connectivity index (χ1) is 14.6. The third-order valence-electron chi connectivity index (χ3n) is 5.14. The van der Waals surface area contributed by atoms with Crippen molar-refractivity contribution in [2.24, 2.45) is 0 Å². The largest absolute Gasteiger partial charge is 0.351 e. The van der Waals surface area contributed by atoms with Gasteiger partial charge in [0.25, 0.3) is 0 Å². The third kappa shape index (κ3) is 4.50. The van der Waals surface area contributed by atoms with Crippen molar-refractivity contribution in [1.29, 1.82) is 0 Å². The fraction of sp³-hybridized carbons (Fsp3) is 0.0714. The van der Waals surface area contributed by atoms with Gasteiger partial charge >= 0.3 is 0 Å². The Labute approximate surface area is 183 Å². The number of rotatable bonds is 5. The van der Waals surface area contributed by atoms with Crippen molar-refractivity contribution in [3.05, 3.63) is 131 Å². The zero-order chi connectivity index (χ0) is 20.9. The maximum Gasteiger partial charge on any atom is 0.0483 e. The van der Waals surface area contributed by atoms with E-state index >= 15 is 0 Å². The molecule has 3 aromatic carbocycles. The minimum atomic E-state index is 1.02. The number of allylic oxidation sites excluding steroid dienone is 5. The number of thioether (sulfide) groups is 1. The van der Waals surface area contributed by atoms with E-state index in [0.717, 1.165) is 10.5 Å². The highest BCUT2D eigenvalue weighted by atomic mass is 32.2. The van der Waals surface area contributed by atoms with E-state index < -0.39 is 0 Å². The summed E-state index contributed by atoms with van der Waals surface area (Å²) in [5, 5.41) is 0. The first-order valence-corrected chi connectivity index (χ1v) is 10.8. The number of nitrogens with zero attached hydrogens (tertiary/aromatic N) is 1. The van der Waals surface area contributed by atoms with Gasteiger partial charge in [-0.05, 0) is 59.6 Å². The molecule has 0 aromatic heterocycles. The summed E-state index contributed by atoms with van der Waals surface area (Å²) in [6, 6.07) is 27.5. The second-order valence-electron chi connectivity index (χ2n) is 7.34. The van der Waals surface area contributed by atoms with Crippen LogP contribution in [-0.4, -0.2) is 7.05 Å². The van der Waals surface area contributed by atoms with E-state index in [1.165, 1.54) is 32.8 Å². The SMILES string of the molecule is C=C(/C=C(/C=C1\C=CN(C)c2ccccc21)c1ccccc1)Sc1ccccc1C. The maximum atomic E-state index is 4.34. The van der Waals surface area contributed by atoms with Gasteiger partial charge in [0.15, 0.2) is 0 Å². The van der Waals surface area contributed by atoms with Crippen LogP contribution in [0.2, 0.25) is 0 Å². The van der Waals surface area contributed by atoms with Gasteiger partial charge in [-0.25, -0.2) is 0 Å². The quantitative estimate of drug-likeness (QED) is 0.314. The van der Waals surface area contributed by atoms with Crippen molar-refractivity contribution in [2.75, 3.05) is 11.9 Å². The van der Waals surface area contributed by atoms with Crippen molar-refractivity contribution in [3.63, 3.8) is 0 Å².